The summed E-state index contributed by atoms with van der Waals surface area (Å²) < 4.78 is 13.4. The highest BCUT2D eigenvalue weighted by Gasteiger charge is 2.18. The SMILES string of the molecule is CN1CCN(CCOCn2cc(C(=O)NCc3ccc(Cl)cc3)c(=O)c3cc(CN4CCOCC4)ccc32)CC1. The number of aromatic nitrogens is 1. The van der Waals surface area contributed by atoms with Gasteiger partial charge in [-0.05, 0) is 42.4 Å². The lowest BCUT2D eigenvalue weighted by Gasteiger charge is -2.32. The van der Waals surface area contributed by atoms with Crippen molar-refractivity contribution in [3.63, 3.8) is 0 Å². The first-order valence-electron chi connectivity index (χ1n) is 13.9. The number of pyridine rings is 1. The predicted molar refractivity (Wildman–Crippen MR) is 157 cm³/mol. The highest BCUT2D eigenvalue weighted by molar-refractivity contribution is 6.30. The van der Waals surface area contributed by atoms with Crippen molar-refractivity contribution in [3.05, 3.63) is 80.6 Å². The third kappa shape index (κ3) is 7.48. The molecular formula is C30H38ClN5O4. The van der Waals surface area contributed by atoms with Gasteiger partial charge in [0.15, 0.2) is 0 Å². The maximum atomic E-state index is 13.6. The van der Waals surface area contributed by atoms with Gasteiger partial charge in [0.25, 0.3) is 5.91 Å². The molecule has 10 heteroatoms. The Morgan fingerprint density at radius 2 is 1.70 bits per heavy atom. The first kappa shape index (κ1) is 28.7. The minimum absolute atomic E-state index is 0.104. The number of amides is 1. The van der Waals surface area contributed by atoms with Crippen molar-refractivity contribution in [2.45, 2.75) is 19.8 Å². The van der Waals surface area contributed by atoms with Gasteiger partial charge in [0.2, 0.25) is 5.43 Å². The molecule has 3 heterocycles. The van der Waals surface area contributed by atoms with Crippen LogP contribution in [-0.2, 0) is 29.3 Å². The third-order valence-corrected chi connectivity index (χ3v) is 7.90. The van der Waals surface area contributed by atoms with Crippen LogP contribution in [0.4, 0.5) is 0 Å². The Morgan fingerprint density at radius 3 is 2.45 bits per heavy atom. The minimum atomic E-state index is -0.411. The van der Waals surface area contributed by atoms with Gasteiger partial charge in [-0.1, -0.05) is 29.8 Å². The molecule has 1 N–H and O–H groups in total. The van der Waals surface area contributed by atoms with Crippen LogP contribution in [0, 0.1) is 0 Å². The van der Waals surface area contributed by atoms with Gasteiger partial charge in [-0.2, -0.15) is 0 Å². The van der Waals surface area contributed by atoms with E-state index >= 15 is 0 Å². The second kappa shape index (κ2) is 13.7. The van der Waals surface area contributed by atoms with E-state index in [9.17, 15) is 9.59 Å². The highest BCUT2D eigenvalue weighted by Crippen LogP contribution is 2.17. The first-order valence-corrected chi connectivity index (χ1v) is 14.3. The summed E-state index contributed by atoms with van der Waals surface area (Å²) in [5, 5.41) is 4.05. The lowest BCUT2D eigenvalue weighted by molar-refractivity contribution is 0.0342. The topological polar surface area (TPSA) is 79.3 Å². The number of hydrogen-bond donors (Lipinski definition) is 1. The van der Waals surface area contributed by atoms with Crippen molar-refractivity contribution in [2.75, 3.05) is 72.7 Å². The van der Waals surface area contributed by atoms with Gasteiger partial charge in [0, 0.05) is 75.5 Å². The molecule has 214 valence electrons. The lowest BCUT2D eigenvalue weighted by Crippen LogP contribution is -2.45. The molecule has 3 aromatic rings. The fraction of sp³-hybridized carbons (Fsp3) is 0.467. The second-order valence-electron chi connectivity index (χ2n) is 10.6. The molecule has 1 aromatic heterocycles. The number of nitrogens with zero attached hydrogens (tertiary/aromatic N) is 4. The van der Waals surface area contributed by atoms with Crippen molar-refractivity contribution in [3.8, 4) is 0 Å². The zero-order chi connectivity index (χ0) is 27.9. The molecule has 0 aliphatic carbocycles. The van der Waals surface area contributed by atoms with Gasteiger partial charge in [-0.15, -0.1) is 0 Å². The van der Waals surface area contributed by atoms with Crippen LogP contribution < -0.4 is 10.7 Å². The van der Waals surface area contributed by atoms with Crippen LogP contribution in [0.2, 0.25) is 5.02 Å². The summed E-state index contributed by atoms with van der Waals surface area (Å²) in [7, 11) is 2.14. The van der Waals surface area contributed by atoms with Crippen LogP contribution in [0.1, 0.15) is 21.5 Å². The average molecular weight is 568 g/mol. The Balaban J connectivity index is 1.34. The zero-order valence-corrected chi connectivity index (χ0v) is 23.9. The number of rotatable bonds is 10. The molecule has 0 bridgehead atoms. The fourth-order valence-electron chi connectivity index (χ4n) is 5.14. The number of benzene rings is 2. The van der Waals surface area contributed by atoms with E-state index in [1.807, 2.05) is 28.8 Å². The van der Waals surface area contributed by atoms with E-state index in [0.717, 1.165) is 69.0 Å². The number of piperazine rings is 1. The van der Waals surface area contributed by atoms with E-state index in [1.165, 1.54) is 0 Å². The van der Waals surface area contributed by atoms with E-state index in [-0.39, 0.29) is 17.7 Å². The van der Waals surface area contributed by atoms with Gasteiger partial charge in [-0.25, -0.2) is 0 Å². The van der Waals surface area contributed by atoms with E-state index in [0.29, 0.717) is 36.8 Å². The van der Waals surface area contributed by atoms with Crippen LogP contribution in [0.3, 0.4) is 0 Å². The van der Waals surface area contributed by atoms with Gasteiger partial charge in [0.05, 0.1) is 25.3 Å². The molecule has 40 heavy (non-hydrogen) atoms. The van der Waals surface area contributed by atoms with Crippen LogP contribution in [0.15, 0.2) is 53.5 Å². The summed E-state index contributed by atoms with van der Waals surface area (Å²) in [6.45, 7) is 10.0. The quantitative estimate of drug-likeness (QED) is 0.377. The molecular weight excluding hydrogens is 530 g/mol. The van der Waals surface area contributed by atoms with Gasteiger partial charge < -0.3 is 24.3 Å². The summed E-state index contributed by atoms with van der Waals surface area (Å²) in [5.74, 6) is -0.411. The standard InChI is InChI=1S/C30H38ClN5O4/c1-33-8-10-34(11-9-33)12-17-40-22-36-21-27(30(38)32-19-23-2-5-25(31)6-3-23)29(37)26-18-24(4-7-28(26)36)20-35-13-15-39-16-14-35/h2-7,18,21H,8-17,19-20,22H2,1H3,(H,32,38). The fourth-order valence-corrected chi connectivity index (χ4v) is 5.26. The number of nitrogens with one attached hydrogen (secondary N) is 1. The van der Waals surface area contributed by atoms with Crippen molar-refractivity contribution in [1.82, 2.24) is 24.6 Å². The Morgan fingerprint density at radius 1 is 0.975 bits per heavy atom. The summed E-state index contributed by atoms with van der Waals surface area (Å²) in [4.78, 5) is 33.9. The average Bonchev–Trinajstić information content (AvgIpc) is 2.97. The summed E-state index contributed by atoms with van der Waals surface area (Å²) in [6.07, 6.45) is 1.62. The number of likely N-dealkylation sites (N-methyl/N-ethyl adjacent to an activating group) is 1. The van der Waals surface area contributed by atoms with E-state index in [1.54, 1.807) is 18.3 Å². The zero-order valence-electron chi connectivity index (χ0n) is 23.1. The van der Waals surface area contributed by atoms with Crippen LogP contribution >= 0.6 is 11.6 Å². The molecule has 2 aromatic carbocycles. The summed E-state index contributed by atoms with van der Waals surface area (Å²) >= 11 is 5.98. The van der Waals surface area contributed by atoms with Gasteiger partial charge in [-0.3, -0.25) is 19.4 Å². The molecule has 0 atom stereocenters. The maximum Gasteiger partial charge on any atom is 0.257 e. The number of fused-ring (bicyclic) bond motifs is 1. The molecule has 1 amide bonds. The normalized spacial score (nSPS) is 17.4. The van der Waals surface area contributed by atoms with Gasteiger partial charge >= 0.3 is 0 Å². The smallest absolute Gasteiger partial charge is 0.257 e. The predicted octanol–water partition coefficient (Wildman–Crippen LogP) is 2.64. The van der Waals surface area contributed by atoms with Crippen molar-refractivity contribution in [1.29, 1.82) is 0 Å². The number of hydrogen-bond acceptors (Lipinski definition) is 7. The monoisotopic (exact) mass is 567 g/mol. The number of carbonyl (C=O) groups is 1. The minimum Gasteiger partial charge on any atom is -0.379 e. The Hall–Kier alpha value is -2.79. The maximum absolute atomic E-state index is 13.6. The van der Waals surface area contributed by atoms with Crippen molar-refractivity contribution >= 4 is 28.4 Å². The van der Waals surface area contributed by atoms with E-state index in [4.69, 9.17) is 21.1 Å². The molecule has 0 spiro atoms. The van der Waals surface area contributed by atoms with Crippen molar-refractivity contribution in [2.24, 2.45) is 0 Å². The Kier molecular flexibility index (Phi) is 9.85. The first-order chi connectivity index (χ1) is 19.5. The number of ether oxygens (including phenoxy) is 2. The third-order valence-electron chi connectivity index (χ3n) is 7.64. The highest BCUT2D eigenvalue weighted by atomic mass is 35.5. The Labute approximate surface area is 240 Å². The van der Waals surface area contributed by atoms with Crippen LogP contribution in [0.25, 0.3) is 10.9 Å². The van der Waals surface area contributed by atoms with Crippen LogP contribution in [-0.4, -0.2) is 97.9 Å². The second-order valence-corrected chi connectivity index (χ2v) is 11.0. The molecule has 2 aliphatic heterocycles. The largest absolute Gasteiger partial charge is 0.379 e. The van der Waals surface area contributed by atoms with Crippen molar-refractivity contribution < 1.29 is 14.3 Å². The Bertz CT molecular complexity index is 1350. The van der Waals surface area contributed by atoms with Crippen LogP contribution in [0.5, 0.6) is 0 Å². The number of carbonyl (C=O) groups excluding carboxylic acids is 1. The molecule has 2 saturated heterocycles. The molecule has 2 aliphatic rings. The number of halogens is 1. The van der Waals surface area contributed by atoms with E-state index in [2.05, 4.69) is 33.1 Å². The molecule has 9 nitrogen and oxygen atoms in total. The molecule has 2 fully saturated rings. The lowest BCUT2D eigenvalue weighted by atomic mass is 10.1. The number of morpholine rings is 1. The molecule has 0 radical (unpaired) electrons. The van der Waals surface area contributed by atoms with Gasteiger partial charge in [0.1, 0.15) is 12.3 Å². The molecule has 5 rings (SSSR count). The molecule has 0 saturated carbocycles. The summed E-state index contributed by atoms with van der Waals surface area (Å²) in [6, 6.07) is 13.2. The summed E-state index contributed by atoms with van der Waals surface area (Å²) in [5.41, 5.74) is 2.52. The molecule has 0 unspecified atom stereocenters. The van der Waals surface area contributed by atoms with E-state index < -0.39 is 5.91 Å².